The van der Waals surface area contributed by atoms with Crippen molar-refractivity contribution in [2.75, 3.05) is 6.54 Å². The van der Waals surface area contributed by atoms with Crippen molar-refractivity contribution in [2.45, 2.75) is 32.9 Å². The van der Waals surface area contributed by atoms with Crippen LogP contribution in [0.4, 0.5) is 0 Å². The first kappa shape index (κ1) is 12.6. The summed E-state index contributed by atoms with van der Waals surface area (Å²) in [5, 5.41) is 3.07. The summed E-state index contributed by atoms with van der Waals surface area (Å²) in [6.07, 6.45) is 1.91. The first-order valence-electron chi connectivity index (χ1n) is 5.98. The fourth-order valence-corrected chi connectivity index (χ4v) is 2.01. The average molecular weight is 248 g/mol. The summed E-state index contributed by atoms with van der Waals surface area (Å²) in [6.45, 7) is 4.51. The maximum atomic E-state index is 11.8. The number of carbonyl (C=O) groups excluding carboxylic acids is 2. The lowest BCUT2D eigenvalue weighted by molar-refractivity contribution is -0.138. The van der Waals surface area contributed by atoms with Gasteiger partial charge in [-0.3, -0.25) is 19.8 Å². The monoisotopic (exact) mass is 248 g/mol. The zero-order valence-electron chi connectivity index (χ0n) is 10.5. The van der Waals surface area contributed by atoms with Gasteiger partial charge in [-0.1, -0.05) is 0 Å². The van der Waals surface area contributed by atoms with Crippen LogP contribution >= 0.6 is 0 Å². The van der Waals surface area contributed by atoms with Crippen LogP contribution in [0, 0.1) is 6.92 Å². The van der Waals surface area contributed by atoms with Crippen molar-refractivity contribution in [1.29, 1.82) is 0 Å². The number of nitrogens with one attached hydrogen (secondary N) is 1. The third kappa shape index (κ3) is 2.53. The lowest BCUT2D eigenvalue weighted by Crippen LogP contribution is -2.38. The highest BCUT2D eigenvalue weighted by atomic mass is 16.2. The van der Waals surface area contributed by atoms with E-state index in [-0.39, 0.29) is 18.2 Å². The van der Waals surface area contributed by atoms with Crippen molar-refractivity contribution in [3.8, 4) is 0 Å². The highest BCUT2D eigenvalue weighted by Crippen LogP contribution is 2.12. The van der Waals surface area contributed by atoms with Gasteiger partial charge in [-0.2, -0.15) is 0 Å². The van der Waals surface area contributed by atoms with Gasteiger partial charge in [-0.15, -0.1) is 0 Å². The minimum atomic E-state index is -0.423. The maximum absolute atomic E-state index is 11.8. The van der Waals surface area contributed by atoms with E-state index >= 15 is 0 Å². The number of aromatic nitrogens is 2. The van der Waals surface area contributed by atoms with Crippen LogP contribution in [0.1, 0.15) is 24.9 Å². The SMILES string of the molecule is CCN1C(=O)CC(NCc2ccnc(C)n2)C1=O. The van der Waals surface area contributed by atoms with Gasteiger partial charge in [0.05, 0.1) is 18.2 Å². The molecule has 1 fully saturated rings. The molecule has 1 aliphatic rings. The fraction of sp³-hybridized carbons (Fsp3) is 0.500. The van der Waals surface area contributed by atoms with E-state index in [4.69, 9.17) is 0 Å². The first-order valence-corrected chi connectivity index (χ1v) is 5.98. The van der Waals surface area contributed by atoms with Gasteiger partial charge in [0.1, 0.15) is 5.82 Å². The van der Waals surface area contributed by atoms with Crippen molar-refractivity contribution >= 4 is 11.8 Å². The molecule has 96 valence electrons. The van der Waals surface area contributed by atoms with Crippen molar-refractivity contribution in [3.63, 3.8) is 0 Å². The average Bonchev–Trinajstić information content (AvgIpc) is 2.61. The molecule has 0 bridgehead atoms. The molecule has 1 aromatic heterocycles. The van der Waals surface area contributed by atoms with Crippen molar-refractivity contribution < 1.29 is 9.59 Å². The summed E-state index contributed by atoms with van der Waals surface area (Å²) in [5.41, 5.74) is 0.817. The smallest absolute Gasteiger partial charge is 0.246 e. The lowest BCUT2D eigenvalue weighted by atomic mass is 10.2. The Kier molecular flexibility index (Phi) is 3.66. The van der Waals surface area contributed by atoms with Gasteiger partial charge in [-0.25, -0.2) is 9.97 Å². The Bertz CT molecular complexity index is 475. The van der Waals surface area contributed by atoms with E-state index < -0.39 is 6.04 Å². The minimum absolute atomic E-state index is 0.112. The zero-order valence-corrected chi connectivity index (χ0v) is 10.5. The summed E-state index contributed by atoms with van der Waals surface area (Å²) in [4.78, 5) is 32.9. The molecule has 1 atom stereocenters. The zero-order chi connectivity index (χ0) is 13.1. The van der Waals surface area contributed by atoms with Crippen molar-refractivity contribution in [2.24, 2.45) is 0 Å². The second-order valence-corrected chi connectivity index (χ2v) is 4.21. The van der Waals surface area contributed by atoms with Gasteiger partial charge >= 0.3 is 0 Å². The Morgan fingerprint density at radius 2 is 2.28 bits per heavy atom. The molecule has 0 spiro atoms. The van der Waals surface area contributed by atoms with Crippen molar-refractivity contribution in [3.05, 3.63) is 23.8 Å². The first-order chi connectivity index (χ1) is 8.61. The molecule has 1 N–H and O–H groups in total. The second kappa shape index (κ2) is 5.22. The third-order valence-electron chi connectivity index (χ3n) is 2.92. The van der Waals surface area contributed by atoms with Crippen LogP contribution < -0.4 is 5.32 Å². The number of likely N-dealkylation sites (tertiary alicyclic amines) is 1. The molecule has 6 heteroatoms. The molecule has 0 aromatic carbocycles. The molecule has 1 saturated heterocycles. The van der Waals surface area contributed by atoms with Gasteiger partial charge in [-0.05, 0) is 19.9 Å². The normalized spacial score (nSPS) is 19.7. The van der Waals surface area contributed by atoms with Crippen LogP contribution in [0.15, 0.2) is 12.3 Å². The summed E-state index contributed by atoms with van der Waals surface area (Å²) in [7, 11) is 0. The van der Waals surface area contributed by atoms with E-state index in [0.29, 0.717) is 18.9 Å². The summed E-state index contributed by atoms with van der Waals surface area (Å²) in [5.74, 6) is 0.436. The fourth-order valence-electron chi connectivity index (χ4n) is 2.01. The van der Waals surface area contributed by atoms with Crippen LogP contribution in [-0.4, -0.2) is 39.3 Å². The minimum Gasteiger partial charge on any atom is -0.300 e. The Labute approximate surface area is 105 Å². The Morgan fingerprint density at radius 1 is 1.50 bits per heavy atom. The molecule has 6 nitrogen and oxygen atoms in total. The molecule has 18 heavy (non-hydrogen) atoms. The van der Waals surface area contributed by atoms with Gasteiger partial charge in [0.25, 0.3) is 0 Å². The predicted octanol–water partition coefficient (Wildman–Crippen LogP) is 0.0220. The highest BCUT2D eigenvalue weighted by Gasteiger charge is 2.36. The number of rotatable bonds is 4. The Hall–Kier alpha value is -1.82. The number of carbonyl (C=O) groups is 2. The molecular weight excluding hydrogens is 232 g/mol. The molecule has 0 radical (unpaired) electrons. The van der Waals surface area contributed by atoms with E-state index in [9.17, 15) is 9.59 Å². The third-order valence-corrected chi connectivity index (χ3v) is 2.92. The van der Waals surface area contributed by atoms with E-state index in [2.05, 4.69) is 15.3 Å². The van der Waals surface area contributed by atoms with E-state index in [1.165, 1.54) is 4.90 Å². The summed E-state index contributed by atoms with van der Waals surface area (Å²) < 4.78 is 0. The van der Waals surface area contributed by atoms with Crippen LogP contribution in [0.3, 0.4) is 0 Å². The topological polar surface area (TPSA) is 75.2 Å². The summed E-state index contributed by atoms with van der Waals surface area (Å²) in [6, 6.07) is 1.37. The number of amides is 2. The van der Waals surface area contributed by atoms with Crippen LogP contribution in [0.2, 0.25) is 0 Å². The molecule has 1 unspecified atom stereocenters. The molecular formula is C12H16N4O2. The highest BCUT2D eigenvalue weighted by molar-refractivity contribution is 6.05. The molecule has 2 heterocycles. The number of imide groups is 1. The Balaban J connectivity index is 1.95. The molecule has 2 rings (SSSR count). The van der Waals surface area contributed by atoms with E-state index in [0.717, 1.165) is 5.69 Å². The summed E-state index contributed by atoms with van der Waals surface area (Å²) >= 11 is 0. The quantitative estimate of drug-likeness (QED) is 0.760. The lowest BCUT2D eigenvalue weighted by Gasteiger charge is -2.12. The maximum Gasteiger partial charge on any atom is 0.246 e. The largest absolute Gasteiger partial charge is 0.300 e. The van der Waals surface area contributed by atoms with Crippen molar-refractivity contribution in [1.82, 2.24) is 20.2 Å². The van der Waals surface area contributed by atoms with E-state index in [1.54, 1.807) is 19.2 Å². The number of hydrogen-bond acceptors (Lipinski definition) is 5. The second-order valence-electron chi connectivity index (χ2n) is 4.21. The number of aryl methyl sites for hydroxylation is 1. The van der Waals surface area contributed by atoms with Gasteiger partial charge in [0.2, 0.25) is 11.8 Å². The molecule has 1 aromatic rings. The van der Waals surface area contributed by atoms with Crippen LogP contribution in [0.25, 0.3) is 0 Å². The molecule has 1 aliphatic heterocycles. The van der Waals surface area contributed by atoms with Gasteiger partial charge in [0.15, 0.2) is 0 Å². The number of likely N-dealkylation sites (N-methyl/N-ethyl adjacent to an activating group) is 1. The number of nitrogens with zero attached hydrogens (tertiary/aromatic N) is 3. The molecule has 2 amide bonds. The number of hydrogen-bond donors (Lipinski definition) is 1. The predicted molar refractivity (Wildman–Crippen MR) is 64.4 cm³/mol. The van der Waals surface area contributed by atoms with Crippen LogP contribution in [-0.2, 0) is 16.1 Å². The van der Waals surface area contributed by atoms with Gasteiger partial charge in [0, 0.05) is 19.3 Å². The van der Waals surface area contributed by atoms with Gasteiger partial charge < -0.3 is 0 Å². The van der Waals surface area contributed by atoms with E-state index in [1.807, 2.05) is 6.92 Å². The Morgan fingerprint density at radius 3 is 2.89 bits per heavy atom. The molecule has 0 aliphatic carbocycles. The molecule has 0 saturated carbocycles. The van der Waals surface area contributed by atoms with Crippen LogP contribution in [0.5, 0.6) is 0 Å². The standard InChI is InChI=1S/C12H16N4O2/c1-3-16-11(17)6-10(12(16)18)14-7-9-4-5-13-8(2)15-9/h4-5,10,14H,3,6-7H2,1-2H3.